The van der Waals surface area contributed by atoms with Gasteiger partial charge in [0.25, 0.3) is 5.56 Å². The van der Waals surface area contributed by atoms with E-state index >= 15 is 0 Å². The second kappa shape index (κ2) is 4.39. The van der Waals surface area contributed by atoms with Crippen LogP contribution in [0.2, 0.25) is 0 Å². The lowest BCUT2D eigenvalue weighted by atomic mass is 10.4. The molecule has 1 atom stereocenters. The predicted molar refractivity (Wildman–Crippen MR) is 57.1 cm³/mol. The molecule has 0 radical (unpaired) electrons. The quantitative estimate of drug-likeness (QED) is 0.463. The van der Waals surface area contributed by atoms with Crippen molar-refractivity contribution >= 4 is 17.1 Å². The van der Waals surface area contributed by atoms with Crippen molar-refractivity contribution in [3.8, 4) is 0 Å². The molecule has 2 heterocycles. The van der Waals surface area contributed by atoms with Gasteiger partial charge in [-0.15, -0.1) is 0 Å². The molecule has 0 amide bonds. The molecule has 0 saturated heterocycles. The van der Waals surface area contributed by atoms with Gasteiger partial charge < -0.3 is 20.8 Å². The van der Waals surface area contributed by atoms with E-state index in [4.69, 9.17) is 20.8 Å². The summed E-state index contributed by atoms with van der Waals surface area (Å²) in [5.41, 5.74) is 5.14. The molecule has 0 aliphatic heterocycles. The number of nitrogens with zero attached hydrogens (tertiary/aromatic N) is 3. The molecule has 0 aliphatic carbocycles. The lowest BCUT2D eigenvalue weighted by molar-refractivity contribution is 0.00239. The van der Waals surface area contributed by atoms with Crippen LogP contribution in [0.15, 0.2) is 11.1 Å². The first-order chi connectivity index (χ1) is 8.11. The number of aromatic amines is 1. The Morgan fingerprint density at radius 2 is 2.41 bits per heavy atom. The molecule has 0 fully saturated rings. The fraction of sp³-hybridized carbons (Fsp3) is 0.375. The van der Waals surface area contributed by atoms with E-state index in [1.807, 2.05) is 0 Å². The Kier molecular flexibility index (Phi) is 2.93. The van der Waals surface area contributed by atoms with E-state index in [0.29, 0.717) is 0 Å². The van der Waals surface area contributed by atoms with Gasteiger partial charge >= 0.3 is 0 Å². The van der Waals surface area contributed by atoms with Crippen LogP contribution in [0.25, 0.3) is 11.2 Å². The van der Waals surface area contributed by atoms with Crippen molar-refractivity contribution in [2.75, 3.05) is 18.9 Å². The van der Waals surface area contributed by atoms with Gasteiger partial charge in [0.1, 0.15) is 19.0 Å². The Labute approximate surface area is 94.4 Å². The zero-order valence-corrected chi connectivity index (χ0v) is 8.70. The number of aliphatic hydroxyl groups is 2. The number of nitrogens with two attached hydrogens (primary N) is 1. The molecular formula is C8H11N5O4. The van der Waals surface area contributed by atoms with E-state index in [0.717, 1.165) is 4.73 Å². The number of hydrogen-bond donors (Lipinski definition) is 4. The van der Waals surface area contributed by atoms with E-state index in [1.165, 1.54) is 6.33 Å². The van der Waals surface area contributed by atoms with Crippen LogP contribution in [0.5, 0.6) is 0 Å². The molecule has 9 heteroatoms. The summed E-state index contributed by atoms with van der Waals surface area (Å²) in [6.07, 6.45) is 0.211. The SMILES string of the molecule is Nc1nc2c(ncn2OC[C@@H](O)CO)c(=O)[nH]1. The van der Waals surface area contributed by atoms with Gasteiger partial charge in [-0.3, -0.25) is 9.78 Å². The smallest absolute Gasteiger partial charge is 0.280 e. The number of rotatable bonds is 4. The Bertz CT molecular complexity index is 577. The number of anilines is 1. The fourth-order valence-electron chi connectivity index (χ4n) is 1.22. The summed E-state index contributed by atoms with van der Waals surface area (Å²) < 4.78 is 1.11. The van der Waals surface area contributed by atoms with Crippen molar-refractivity contribution in [1.29, 1.82) is 0 Å². The molecule has 2 rings (SSSR count). The van der Waals surface area contributed by atoms with Crippen LogP contribution in [0.4, 0.5) is 5.95 Å². The molecule has 92 valence electrons. The van der Waals surface area contributed by atoms with Crippen LogP contribution >= 0.6 is 0 Å². The maximum atomic E-state index is 11.4. The van der Waals surface area contributed by atoms with Gasteiger partial charge in [0.2, 0.25) is 11.6 Å². The first kappa shape index (κ1) is 11.4. The highest BCUT2D eigenvalue weighted by Crippen LogP contribution is 2.04. The topological polar surface area (TPSA) is 139 Å². The van der Waals surface area contributed by atoms with Crippen molar-refractivity contribution in [3.63, 3.8) is 0 Å². The van der Waals surface area contributed by atoms with Gasteiger partial charge in [0.05, 0.1) is 6.61 Å². The highest BCUT2D eigenvalue weighted by Gasteiger charge is 2.11. The molecule has 0 unspecified atom stereocenters. The number of aromatic nitrogens is 4. The Balaban J connectivity index is 2.33. The molecule has 2 aromatic heterocycles. The van der Waals surface area contributed by atoms with E-state index < -0.39 is 18.3 Å². The number of imidazole rings is 1. The molecule has 0 spiro atoms. The lowest BCUT2D eigenvalue weighted by Crippen LogP contribution is -2.26. The Morgan fingerprint density at radius 3 is 3.12 bits per heavy atom. The lowest BCUT2D eigenvalue weighted by Gasteiger charge is -2.09. The number of fused-ring (bicyclic) bond motifs is 1. The van der Waals surface area contributed by atoms with Gasteiger partial charge in [-0.2, -0.15) is 9.71 Å². The summed E-state index contributed by atoms with van der Waals surface area (Å²) in [6.45, 7) is -0.584. The molecule has 5 N–H and O–H groups in total. The third-order valence-corrected chi connectivity index (χ3v) is 2.01. The summed E-state index contributed by atoms with van der Waals surface area (Å²) in [5.74, 6) is -0.0597. The number of aliphatic hydroxyl groups excluding tert-OH is 2. The normalized spacial score (nSPS) is 12.8. The average Bonchev–Trinajstić information content (AvgIpc) is 2.69. The zero-order chi connectivity index (χ0) is 12.4. The summed E-state index contributed by atoms with van der Waals surface area (Å²) >= 11 is 0. The predicted octanol–water partition coefficient (Wildman–Crippen LogP) is -2.52. The molecule has 0 bridgehead atoms. The number of nitrogens with one attached hydrogen (secondary N) is 1. The van der Waals surface area contributed by atoms with Crippen molar-refractivity contribution in [2.24, 2.45) is 0 Å². The van der Waals surface area contributed by atoms with Crippen molar-refractivity contribution in [3.05, 3.63) is 16.7 Å². The van der Waals surface area contributed by atoms with Crippen molar-refractivity contribution in [1.82, 2.24) is 19.7 Å². The van der Waals surface area contributed by atoms with Crippen molar-refractivity contribution in [2.45, 2.75) is 6.10 Å². The number of H-pyrrole nitrogens is 1. The second-order valence-corrected chi connectivity index (χ2v) is 3.33. The van der Waals surface area contributed by atoms with Crippen molar-refractivity contribution < 1.29 is 15.1 Å². The van der Waals surface area contributed by atoms with Crippen LogP contribution in [0.1, 0.15) is 0 Å². The minimum atomic E-state index is -1.02. The van der Waals surface area contributed by atoms with Crippen LogP contribution < -0.4 is 16.1 Å². The summed E-state index contributed by atoms with van der Waals surface area (Å²) in [4.78, 5) is 26.4. The standard InChI is InChI=1S/C8H11N5O4/c9-8-11-6-5(7(16)12-8)10-3-13(6)17-2-4(15)1-14/h3-4,14-15H,1-2H2,(H3,9,11,12,16)/t4-/m0/s1. The van der Waals surface area contributed by atoms with Gasteiger partial charge in [-0.05, 0) is 0 Å². The van der Waals surface area contributed by atoms with E-state index in [-0.39, 0.29) is 23.7 Å². The minimum Gasteiger partial charge on any atom is -0.408 e. The maximum absolute atomic E-state index is 11.4. The van der Waals surface area contributed by atoms with E-state index in [9.17, 15) is 4.79 Å². The van der Waals surface area contributed by atoms with E-state index in [2.05, 4.69) is 15.0 Å². The van der Waals surface area contributed by atoms with Gasteiger partial charge in [-0.1, -0.05) is 0 Å². The van der Waals surface area contributed by atoms with Crippen LogP contribution in [0, 0.1) is 0 Å². The largest absolute Gasteiger partial charge is 0.408 e. The Morgan fingerprint density at radius 1 is 1.65 bits per heavy atom. The second-order valence-electron chi connectivity index (χ2n) is 3.33. The highest BCUT2D eigenvalue weighted by molar-refractivity contribution is 5.69. The first-order valence-corrected chi connectivity index (χ1v) is 4.77. The third kappa shape index (κ3) is 2.19. The Hall–Kier alpha value is -2.13. The van der Waals surface area contributed by atoms with Crippen LogP contribution in [-0.2, 0) is 0 Å². The monoisotopic (exact) mass is 241 g/mol. The molecule has 17 heavy (non-hydrogen) atoms. The summed E-state index contributed by atoms with van der Waals surface area (Å²) in [5, 5.41) is 17.7. The molecule has 2 aromatic rings. The molecular weight excluding hydrogens is 230 g/mol. The zero-order valence-electron chi connectivity index (χ0n) is 8.70. The van der Waals surface area contributed by atoms with Gasteiger partial charge in [-0.25, -0.2) is 4.98 Å². The van der Waals surface area contributed by atoms with Crippen LogP contribution in [0.3, 0.4) is 0 Å². The summed E-state index contributed by atoms with van der Waals surface area (Å²) in [6, 6.07) is 0. The highest BCUT2D eigenvalue weighted by atomic mass is 16.7. The molecule has 9 nitrogen and oxygen atoms in total. The minimum absolute atomic E-state index is 0.0597. The average molecular weight is 241 g/mol. The molecule has 0 saturated carbocycles. The fourth-order valence-corrected chi connectivity index (χ4v) is 1.22. The first-order valence-electron chi connectivity index (χ1n) is 4.77. The molecule has 0 aromatic carbocycles. The number of hydrogen-bond acceptors (Lipinski definition) is 7. The maximum Gasteiger partial charge on any atom is 0.280 e. The third-order valence-electron chi connectivity index (χ3n) is 2.01. The van der Waals surface area contributed by atoms with Gasteiger partial charge in [0.15, 0.2) is 5.52 Å². The number of nitrogen functional groups attached to an aromatic ring is 1. The van der Waals surface area contributed by atoms with E-state index in [1.54, 1.807) is 0 Å². The molecule has 0 aliphatic rings. The summed E-state index contributed by atoms with van der Waals surface area (Å²) in [7, 11) is 0. The van der Waals surface area contributed by atoms with Gasteiger partial charge in [0, 0.05) is 0 Å². The van der Waals surface area contributed by atoms with Crippen LogP contribution in [-0.4, -0.2) is 49.2 Å².